The number of carboxylic acid groups (broad SMARTS) is 1. The minimum atomic E-state index is -4.23. The van der Waals surface area contributed by atoms with Gasteiger partial charge < -0.3 is 19.2 Å². The highest BCUT2D eigenvalue weighted by atomic mass is 32.2. The topological polar surface area (TPSA) is 122 Å². The molecule has 190 valence electrons. The van der Waals surface area contributed by atoms with Gasteiger partial charge in [0.2, 0.25) is 0 Å². The smallest absolute Gasteiger partial charge is 0.463 e. The van der Waals surface area contributed by atoms with Crippen LogP contribution < -0.4 is 9.46 Å². The van der Waals surface area contributed by atoms with Gasteiger partial charge in [-0.25, -0.2) is 22.6 Å². The Kier molecular flexibility index (Phi) is 7.41. The van der Waals surface area contributed by atoms with E-state index in [1.807, 2.05) is 13.8 Å². The summed E-state index contributed by atoms with van der Waals surface area (Å²) in [6, 6.07) is 8.18. The largest absolute Gasteiger partial charge is 0.511 e. The minimum absolute atomic E-state index is 0.0944. The van der Waals surface area contributed by atoms with Gasteiger partial charge in [-0.2, -0.15) is 0 Å². The first-order valence-corrected chi connectivity index (χ1v) is 12.9. The van der Waals surface area contributed by atoms with Crippen molar-refractivity contribution < 1.29 is 31.9 Å². The number of nitrogens with one attached hydrogen (secondary N) is 1. The summed E-state index contributed by atoms with van der Waals surface area (Å²) in [5.74, 6) is -0.808. The lowest BCUT2D eigenvalue weighted by Gasteiger charge is -2.19. The summed E-state index contributed by atoms with van der Waals surface area (Å²) in [5, 5.41) is 10.5. The van der Waals surface area contributed by atoms with Crippen molar-refractivity contribution in [2.75, 3.05) is 24.4 Å². The van der Waals surface area contributed by atoms with Gasteiger partial charge in [-0.3, -0.25) is 4.72 Å². The third-order valence-corrected chi connectivity index (χ3v) is 7.45. The van der Waals surface area contributed by atoms with Crippen LogP contribution in [0.25, 0.3) is 21.9 Å². The first kappa shape index (κ1) is 25.4. The standard InChI is InChI=1S/C25H26FN3O6S/c1-3-29(4-2)12-5-6-16-14-17(26)7-10-22(16)36(32,33)28-20-9-8-19-18-11-13-34-21(18)15-27-23(19)24(20)35-25(30)31/h7-11,13-15,28H,3-6,12H2,1-2H3,(H,30,31). The normalized spacial score (nSPS) is 11.9. The van der Waals surface area contributed by atoms with Crippen molar-refractivity contribution in [1.29, 1.82) is 0 Å². The monoisotopic (exact) mass is 515 g/mol. The maximum absolute atomic E-state index is 14.0. The lowest BCUT2D eigenvalue weighted by atomic mass is 10.1. The number of hydrogen-bond donors (Lipinski definition) is 2. The van der Waals surface area contributed by atoms with Crippen molar-refractivity contribution >= 4 is 43.7 Å². The number of aromatic nitrogens is 1. The molecule has 0 atom stereocenters. The molecule has 36 heavy (non-hydrogen) atoms. The summed E-state index contributed by atoms with van der Waals surface area (Å²) >= 11 is 0. The number of furan rings is 1. The first-order chi connectivity index (χ1) is 17.2. The van der Waals surface area contributed by atoms with Crippen LogP contribution in [0.2, 0.25) is 0 Å². The zero-order chi connectivity index (χ0) is 25.9. The van der Waals surface area contributed by atoms with E-state index < -0.39 is 22.0 Å². The van der Waals surface area contributed by atoms with Crippen LogP contribution in [0.3, 0.4) is 0 Å². The van der Waals surface area contributed by atoms with Crippen molar-refractivity contribution in [2.45, 2.75) is 31.6 Å². The molecule has 0 fully saturated rings. The Labute approximate surface area is 207 Å². The number of anilines is 1. The second-order valence-electron chi connectivity index (χ2n) is 8.15. The summed E-state index contributed by atoms with van der Waals surface area (Å²) in [6.45, 7) is 6.54. The maximum atomic E-state index is 14.0. The Balaban J connectivity index is 1.71. The van der Waals surface area contributed by atoms with Crippen LogP contribution in [0.5, 0.6) is 5.75 Å². The van der Waals surface area contributed by atoms with Crippen LogP contribution in [0.15, 0.2) is 58.2 Å². The molecule has 9 nitrogen and oxygen atoms in total. The Hall–Kier alpha value is -3.70. The molecule has 11 heteroatoms. The number of fused-ring (bicyclic) bond motifs is 3. The van der Waals surface area contributed by atoms with E-state index in [4.69, 9.17) is 9.15 Å². The molecule has 2 aromatic carbocycles. The number of benzene rings is 2. The van der Waals surface area contributed by atoms with Crippen molar-refractivity contribution in [3.05, 3.63) is 60.2 Å². The summed E-state index contributed by atoms with van der Waals surface area (Å²) in [6.07, 6.45) is 2.23. The van der Waals surface area contributed by atoms with Gasteiger partial charge in [-0.1, -0.05) is 13.8 Å². The molecule has 0 radical (unpaired) electrons. The van der Waals surface area contributed by atoms with Crippen LogP contribution in [0, 0.1) is 5.82 Å². The number of hydrogen-bond acceptors (Lipinski definition) is 7. The minimum Gasteiger partial charge on any atom is -0.463 e. The van der Waals surface area contributed by atoms with Gasteiger partial charge in [0.15, 0.2) is 11.3 Å². The van der Waals surface area contributed by atoms with E-state index in [0.717, 1.165) is 25.7 Å². The van der Waals surface area contributed by atoms with Gasteiger partial charge in [0.25, 0.3) is 10.0 Å². The molecule has 2 aromatic heterocycles. The van der Waals surface area contributed by atoms with Crippen LogP contribution in [-0.2, 0) is 16.4 Å². The lowest BCUT2D eigenvalue weighted by Crippen LogP contribution is -2.24. The molecule has 4 aromatic rings. The van der Waals surface area contributed by atoms with Crippen molar-refractivity contribution in [1.82, 2.24) is 9.88 Å². The fraction of sp³-hybridized carbons (Fsp3) is 0.280. The van der Waals surface area contributed by atoms with Gasteiger partial charge in [0, 0.05) is 10.8 Å². The molecular formula is C25H26FN3O6S. The first-order valence-electron chi connectivity index (χ1n) is 11.5. The number of sulfonamides is 1. The van der Waals surface area contributed by atoms with Crippen molar-refractivity contribution in [2.24, 2.45) is 0 Å². The molecule has 0 saturated carbocycles. The van der Waals surface area contributed by atoms with Gasteiger partial charge in [-0.05, 0) is 74.4 Å². The summed E-state index contributed by atoms with van der Waals surface area (Å²) < 4.78 is 53.6. The third-order valence-electron chi connectivity index (χ3n) is 5.99. The van der Waals surface area contributed by atoms with Gasteiger partial charge in [-0.15, -0.1) is 0 Å². The molecule has 2 heterocycles. The Morgan fingerprint density at radius 1 is 1.17 bits per heavy atom. The second kappa shape index (κ2) is 10.5. The van der Waals surface area contributed by atoms with Crippen molar-refractivity contribution in [3.63, 3.8) is 0 Å². The van der Waals surface area contributed by atoms with Crippen molar-refractivity contribution in [3.8, 4) is 5.75 Å². The Bertz CT molecular complexity index is 1520. The number of ether oxygens (including phenoxy) is 1. The summed E-state index contributed by atoms with van der Waals surface area (Å²) in [5.41, 5.74) is 0.843. The summed E-state index contributed by atoms with van der Waals surface area (Å²) in [4.78, 5) is 17.8. The number of nitrogens with zero attached hydrogens (tertiary/aromatic N) is 2. The zero-order valence-corrected chi connectivity index (χ0v) is 20.6. The van der Waals surface area contributed by atoms with E-state index in [0.29, 0.717) is 34.8 Å². The van der Waals surface area contributed by atoms with E-state index in [2.05, 4.69) is 14.6 Å². The molecule has 2 N–H and O–H groups in total. The Morgan fingerprint density at radius 2 is 1.94 bits per heavy atom. The number of aryl methyl sites for hydroxylation is 1. The molecule has 0 unspecified atom stereocenters. The van der Waals surface area contributed by atoms with Crippen LogP contribution >= 0.6 is 0 Å². The predicted octanol–water partition coefficient (Wildman–Crippen LogP) is 5.25. The average molecular weight is 516 g/mol. The highest BCUT2D eigenvalue weighted by Crippen LogP contribution is 2.37. The SMILES string of the molecule is CCN(CC)CCCc1cc(F)ccc1S(=O)(=O)Nc1ccc2c(ncc3occc32)c1OC(=O)O. The molecule has 0 aliphatic rings. The Morgan fingerprint density at radius 3 is 2.67 bits per heavy atom. The lowest BCUT2D eigenvalue weighted by molar-refractivity contribution is 0.145. The zero-order valence-electron chi connectivity index (χ0n) is 19.8. The van der Waals surface area contributed by atoms with E-state index in [1.165, 1.54) is 30.7 Å². The van der Waals surface area contributed by atoms with Gasteiger partial charge in [0.1, 0.15) is 11.3 Å². The van der Waals surface area contributed by atoms with Crippen LogP contribution in [-0.4, -0.2) is 49.2 Å². The fourth-order valence-corrected chi connectivity index (χ4v) is 5.51. The molecule has 0 saturated heterocycles. The van der Waals surface area contributed by atoms with Gasteiger partial charge >= 0.3 is 6.16 Å². The fourth-order valence-electron chi connectivity index (χ4n) is 4.19. The molecule has 0 bridgehead atoms. The molecule has 0 amide bonds. The summed E-state index contributed by atoms with van der Waals surface area (Å²) in [7, 11) is -4.23. The second-order valence-corrected chi connectivity index (χ2v) is 9.80. The van der Waals surface area contributed by atoms with E-state index >= 15 is 0 Å². The third kappa shape index (κ3) is 5.26. The van der Waals surface area contributed by atoms with E-state index in [1.54, 1.807) is 12.1 Å². The number of halogens is 1. The van der Waals surface area contributed by atoms with E-state index in [-0.39, 0.29) is 21.8 Å². The van der Waals surface area contributed by atoms with Crippen LogP contribution in [0.1, 0.15) is 25.8 Å². The van der Waals surface area contributed by atoms with E-state index in [9.17, 15) is 22.7 Å². The number of pyridine rings is 1. The molecule has 0 aliphatic heterocycles. The number of rotatable bonds is 10. The quantitative estimate of drug-likeness (QED) is 0.217. The molecule has 0 spiro atoms. The molecular weight excluding hydrogens is 489 g/mol. The molecule has 4 rings (SSSR count). The molecule has 0 aliphatic carbocycles. The predicted molar refractivity (Wildman–Crippen MR) is 133 cm³/mol. The average Bonchev–Trinajstić information content (AvgIpc) is 3.32. The van der Waals surface area contributed by atoms with Gasteiger partial charge in [0.05, 0.1) is 23.0 Å². The highest BCUT2D eigenvalue weighted by Gasteiger charge is 2.24. The number of carbonyl (C=O) groups is 1. The maximum Gasteiger partial charge on any atom is 0.511 e. The highest BCUT2D eigenvalue weighted by molar-refractivity contribution is 7.92. The van der Waals surface area contributed by atoms with Crippen LogP contribution in [0.4, 0.5) is 14.9 Å².